The van der Waals surface area contributed by atoms with E-state index >= 15 is 0 Å². The van der Waals surface area contributed by atoms with Gasteiger partial charge in [-0.25, -0.2) is 0 Å². The SMILES string of the molecule is COc1c(O)c([C@@H]2O[C@H](CO)[C@H](O)[C@H](O)[C@H]2O)c2oc(-c3ccc(O)cc3)cc(=O)c2c1O. The Kier molecular flexibility index (Phi) is 5.91. The minimum atomic E-state index is -1.81. The molecule has 4 rings (SSSR count). The van der Waals surface area contributed by atoms with E-state index in [9.17, 15) is 40.5 Å². The van der Waals surface area contributed by atoms with E-state index in [1.165, 1.54) is 24.3 Å². The number of rotatable bonds is 4. The number of benzene rings is 2. The summed E-state index contributed by atoms with van der Waals surface area (Å²) in [4.78, 5) is 13.0. The first-order valence-electron chi connectivity index (χ1n) is 9.89. The molecule has 33 heavy (non-hydrogen) atoms. The minimum Gasteiger partial charge on any atom is -0.508 e. The van der Waals surface area contributed by atoms with Crippen LogP contribution in [0.25, 0.3) is 22.3 Å². The molecule has 5 atom stereocenters. The summed E-state index contributed by atoms with van der Waals surface area (Å²) in [6.45, 7) is -0.724. The summed E-state index contributed by atoms with van der Waals surface area (Å²) in [5.41, 5.74) is -1.05. The quantitative estimate of drug-likeness (QED) is 0.278. The fourth-order valence-electron chi connectivity index (χ4n) is 3.93. The monoisotopic (exact) mass is 462 g/mol. The highest BCUT2D eigenvalue weighted by Crippen LogP contribution is 2.50. The molecule has 0 bridgehead atoms. The van der Waals surface area contributed by atoms with Crippen LogP contribution in [0.1, 0.15) is 11.7 Å². The van der Waals surface area contributed by atoms with E-state index in [1.54, 1.807) is 0 Å². The zero-order valence-corrected chi connectivity index (χ0v) is 17.2. The third-order valence-corrected chi connectivity index (χ3v) is 5.65. The number of ether oxygens (including phenoxy) is 2. The van der Waals surface area contributed by atoms with Gasteiger partial charge < -0.3 is 49.6 Å². The molecule has 0 unspecified atom stereocenters. The maximum Gasteiger partial charge on any atom is 0.204 e. The second-order valence-electron chi connectivity index (χ2n) is 7.62. The van der Waals surface area contributed by atoms with Crippen molar-refractivity contribution in [2.75, 3.05) is 13.7 Å². The van der Waals surface area contributed by atoms with Crippen LogP contribution in [0.5, 0.6) is 23.0 Å². The van der Waals surface area contributed by atoms with Crippen LogP contribution in [0.2, 0.25) is 0 Å². The van der Waals surface area contributed by atoms with Crippen LogP contribution >= 0.6 is 0 Å². The predicted molar refractivity (Wildman–Crippen MR) is 112 cm³/mol. The summed E-state index contributed by atoms with van der Waals surface area (Å²) in [6.07, 6.45) is -8.14. The highest BCUT2D eigenvalue weighted by atomic mass is 16.5. The van der Waals surface area contributed by atoms with Crippen molar-refractivity contribution in [3.63, 3.8) is 0 Å². The molecular weight excluding hydrogens is 440 g/mol. The number of hydrogen-bond donors (Lipinski definition) is 7. The van der Waals surface area contributed by atoms with Gasteiger partial charge in [-0.3, -0.25) is 4.79 Å². The van der Waals surface area contributed by atoms with Gasteiger partial charge in [0.15, 0.2) is 22.5 Å². The van der Waals surface area contributed by atoms with Crippen LogP contribution in [0.4, 0.5) is 0 Å². The Bertz CT molecular complexity index is 1230. The van der Waals surface area contributed by atoms with Gasteiger partial charge in [-0.1, -0.05) is 0 Å². The topological polar surface area (TPSA) is 190 Å². The first-order chi connectivity index (χ1) is 15.7. The van der Waals surface area contributed by atoms with Crippen molar-refractivity contribution in [3.05, 3.63) is 46.1 Å². The summed E-state index contributed by atoms with van der Waals surface area (Å²) in [5.74, 6) is -1.98. The van der Waals surface area contributed by atoms with Crippen LogP contribution in [0, 0.1) is 0 Å². The maximum absolute atomic E-state index is 13.0. The molecule has 1 saturated heterocycles. The first kappa shape index (κ1) is 22.8. The van der Waals surface area contributed by atoms with Crippen LogP contribution in [0.3, 0.4) is 0 Å². The van der Waals surface area contributed by atoms with Crippen molar-refractivity contribution in [1.29, 1.82) is 0 Å². The Hall–Kier alpha value is -3.35. The fraction of sp³-hybridized carbons (Fsp3) is 0.318. The largest absolute Gasteiger partial charge is 0.508 e. The van der Waals surface area contributed by atoms with Gasteiger partial charge in [-0.05, 0) is 24.3 Å². The molecule has 7 N–H and O–H groups in total. The fourth-order valence-corrected chi connectivity index (χ4v) is 3.93. The zero-order valence-electron chi connectivity index (χ0n) is 17.2. The molecule has 11 heteroatoms. The Morgan fingerprint density at radius 1 is 0.970 bits per heavy atom. The van der Waals surface area contributed by atoms with Gasteiger partial charge in [0.1, 0.15) is 47.4 Å². The summed E-state index contributed by atoms with van der Waals surface area (Å²) in [5, 5.41) is 71.0. The molecule has 0 radical (unpaired) electrons. The van der Waals surface area contributed by atoms with E-state index in [0.717, 1.165) is 13.2 Å². The van der Waals surface area contributed by atoms with Gasteiger partial charge >= 0.3 is 0 Å². The van der Waals surface area contributed by atoms with Gasteiger partial charge in [-0.2, -0.15) is 0 Å². The second kappa shape index (κ2) is 8.54. The van der Waals surface area contributed by atoms with Crippen molar-refractivity contribution in [2.45, 2.75) is 30.5 Å². The molecule has 3 aromatic rings. The van der Waals surface area contributed by atoms with Crippen LogP contribution in [-0.4, -0.2) is 73.9 Å². The molecule has 0 aliphatic carbocycles. The van der Waals surface area contributed by atoms with Crippen LogP contribution in [-0.2, 0) is 4.74 Å². The number of aliphatic hydroxyl groups is 4. The molecular formula is C22H22O11. The molecule has 1 aliphatic rings. The Balaban J connectivity index is 2.03. The normalized spacial score (nSPS) is 25.3. The maximum atomic E-state index is 13.0. The summed E-state index contributed by atoms with van der Waals surface area (Å²) in [7, 11) is 1.13. The smallest absolute Gasteiger partial charge is 0.204 e. The van der Waals surface area contributed by atoms with Gasteiger partial charge in [-0.15, -0.1) is 0 Å². The van der Waals surface area contributed by atoms with Crippen molar-refractivity contribution >= 4 is 11.0 Å². The number of phenolic OH excluding ortho intramolecular Hbond substituents is 3. The standard InChI is InChI=1S/C22H22O11/c1-31-22-16(27)13-10(25)6-11(8-2-4-9(24)5-3-8)32-20(13)14(17(22)28)21-19(30)18(29)15(26)12(7-23)33-21/h2-6,12,15,18-19,21,23-24,26-30H,7H2,1H3/t12-,15+,18+,19-,21+/m1/s1. The highest BCUT2D eigenvalue weighted by Gasteiger charge is 2.46. The lowest BCUT2D eigenvalue weighted by Gasteiger charge is -2.40. The van der Waals surface area contributed by atoms with Crippen LogP contribution in [0.15, 0.2) is 39.5 Å². The number of methoxy groups -OCH3 is 1. The number of fused-ring (bicyclic) bond motifs is 1. The lowest BCUT2D eigenvalue weighted by Crippen LogP contribution is -2.55. The van der Waals surface area contributed by atoms with Crippen molar-refractivity contribution in [1.82, 2.24) is 0 Å². The Morgan fingerprint density at radius 2 is 1.64 bits per heavy atom. The van der Waals surface area contributed by atoms with E-state index in [-0.39, 0.29) is 28.0 Å². The Labute approximate surface area is 185 Å². The van der Waals surface area contributed by atoms with E-state index < -0.39 is 59.8 Å². The molecule has 11 nitrogen and oxygen atoms in total. The molecule has 0 amide bonds. The number of phenols is 3. The number of aliphatic hydroxyl groups excluding tert-OH is 4. The van der Waals surface area contributed by atoms with E-state index in [0.29, 0.717) is 5.56 Å². The van der Waals surface area contributed by atoms with Crippen LogP contribution < -0.4 is 10.2 Å². The summed E-state index contributed by atoms with van der Waals surface area (Å²) >= 11 is 0. The third-order valence-electron chi connectivity index (χ3n) is 5.65. The van der Waals surface area contributed by atoms with Crippen molar-refractivity contribution in [2.24, 2.45) is 0 Å². The first-order valence-corrected chi connectivity index (χ1v) is 9.89. The summed E-state index contributed by atoms with van der Waals surface area (Å²) in [6, 6.07) is 6.75. The average Bonchev–Trinajstić information content (AvgIpc) is 2.79. The van der Waals surface area contributed by atoms with E-state index in [4.69, 9.17) is 13.9 Å². The molecule has 2 aromatic carbocycles. The molecule has 2 heterocycles. The lowest BCUT2D eigenvalue weighted by atomic mass is 9.89. The van der Waals surface area contributed by atoms with Crippen molar-refractivity contribution < 1.29 is 49.6 Å². The third kappa shape index (κ3) is 3.65. The molecule has 1 aromatic heterocycles. The summed E-state index contributed by atoms with van der Waals surface area (Å²) < 4.78 is 16.4. The molecule has 1 fully saturated rings. The van der Waals surface area contributed by atoms with Crippen molar-refractivity contribution in [3.8, 4) is 34.3 Å². The van der Waals surface area contributed by atoms with Gasteiger partial charge in [0.25, 0.3) is 0 Å². The highest BCUT2D eigenvalue weighted by molar-refractivity contribution is 5.93. The average molecular weight is 462 g/mol. The van der Waals surface area contributed by atoms with Gasteiger partial charge in [0.2, 0.25) is 5.75 Å². The second-order valence-corrected chi connectivity index (χ2v) is 7.62. The lowest BCUT2D eigenvalue weighted by molar-refractivity contribution is -0.231. The minimum absolute atomic E-state index is 0.00214. The number of aromatic hydroxyl groups is 3. The van der Waals surface area contributed by atoms with Gasteiger partial charge in [0.05, 0.1) is 19.3 Å². The van der Waals surface area contributed by atoms with E-state index in [1.807, 2.05) is 0 Å². The number of hydrogen-bond acceptors (Lipinski definition) is 11. The molecule has 0 saturated carbocycles. The predicted octanol–water partition coefficient (Wildman–Crippen LogP) is 0.100. The van der Waals surface area contributed by atoms with E-state index in [2.05, 4.69) is 0 Å². The zero-order chi connectivity index (χ0) is 24.0. The molecule has 176 valence electrons. The molecule has 0 spiro atoms. The van der Waals surface area contributed by atoms with Gasteiger partial charge in [0, 0.05) is 11.6 Å². The Morgan fingerprint density at radius 3 is 2.24 bits per heavy atom. The molecule has 1 aliphatic heterocycles.